The lowest BCUT2D eigenvalue weighted by Crippen LogP contribution is -2.33. The number of halogens is 4. The third-order valence-corrected chi connectivity index (χ3v) is 4.49. The molecule has 0 spiro atoms. The fourth-order valence-corrected chi connectivity index (χ4v) is 3.25. The van der Waals surface area contributed by atoms with Crippen molar-refractivity contribution in [3.63, 3.8) is 0 Å². The van der Waals surface area contributed by atoms with E-state index in [1.54, 1.807) is 6.20 Å². The molecular weight excluding hydrogens is 370 g/mol. The highest BCUT2D eigenvalue weighted by atomic mass is 32.2. The van der Waals surface area contributed by atoms with E-state index in [0.29, 0.717) is 21.9 Å². The van der Waals surface area contributed by atoms with E-state index in [1.165, 1.54) is 30.0 Å². The van der Waals surface area contributed by atoms with Crippen molar-refractivity contribution in [2.75, 3.05) is 0 Å². The fraction of sp³-hybridized carbons (Fsp3) is 0.294. The summed E-state index contributed by atoms with van der Waals surface area (Å²) in [5.41, 5.74) is 4.01. The number of ether oxygens (including phenoxy) is 1. The number of aryl methyl sites for hydroxylation is 2. The number of H-pyrrole nitrogens is 1. The molecule has 3 rings (SSSR count). The number of imidazole rings is 1. The molecule has 0 unspecified atom stereocenters. The normalized spacial score (nSPS) is 12.1. The summed E-state index contributed by atoms with van der Waals surface area (Å²) in [7, 11) is 0. The van der Waals surface area contributed by atoms with E-state index >= 15 is 0 Å². The molecule has 26 heavy (non-hydrogen) atoms. The Bertz CT molecular complexity index is 930. The summed E-state index contributed by atoms with van der Waals surface area (Å²) in [6.45, 7) is 3.94. The highest BCUT2D eigenvalue weighted by Gasteiger charge is 2.44. The lowest BCUT2D eigenvalue weighted by Gasteiger charge is -2.16. The molecular formula is C17H15F4N3OS. The van der Waals surface area contributed by atoms with Crippen LogP contribution in [0.5, 0.6) is 5.75 Å². The average Bonchev–Trinajstić information content (AvgIpc) is 2.95. The van der Waals surface area contributed by atoms with Gasteiger partial charge in [-0.1, -0.05) is 17.8 Å². The monoisotopic (exact) mass is 385 g/mol. The Hall–Kier alpha value is -2.29. The lowest BCUT2D eigenvalue weighted by molar-refractivity contribution is -0.253. The standard InChI is InChI=1S/C17H15F4N3OS/c1-9-5-10(2)14(22-7-9)8-26-16-23-12-4-3-11(6-13(12)24-16)25-17(20,21)15(18)19/h3-7,15H,8H2,1-2H3,(H,23,24). The number of alkyl halides is 4. The molecule has 0 saturated heterocycles. The molecule has 4 nitrogen and oxygen atoms in total. The van der Waals surface area contributed by atoms with Gasteiger partial charge in [0, 0.05) is 18.0 Å². The van der Waals surface area contributed by atoms with E-state index in [-0.39, 0.29) is 5.75 Å². The summed E-state index contributed by atoms with van der Waals surface area (Å²) in [6.07, 6.45) is -6.67. The first kappa shape index (κ1) is 18.5. The summed E-state index contributed by atoms with van der Waals surface area (Å²) in [5.74, 6) is 0.209. The third kappa shape index (κ3) is 4.09. The number of nitrogens with zero attached hydrogens (tertiary/aromatic N) is 2. The van der Waals surface area contributed by atoms with Gasteiger partial charge in [-0.05, 0) is 37.1 Å². The molecule has 0 aliphatic heterocycles. The Morgan fingerprint density at radius 2 is 2.00 bits per heavy atom. The summed E-state index contributed by atoms with van der Waals surface area (Å²) >= 11 is 1.41. The maximum absolute atomic E-state index is 13.0. The molecule has 1 aromatic carbocycles. The quantitative estimate of drug-likeness (QED) is 0.474. The van der Waals surface area contributed by atoms with Gasteiger partial charge in [-0.2, -0.15) is 17.6 Å². The largest absolute Gasteiger partial charge is 0.461 e. The first-order chi connectivity index (χ1) is 12.2. The molecule has 0 bridgehead atoms. The number of aromatic amines is 1. The number of pyridine rings is 1. The second kappa shape index (κ2) is 7.14. The summed E-state index contributed by atoms with van der Waals surface area (Å²) in [5, 5.41) is 0.569. The average molecular weight is 385 g/mol. The van der Waals surface area contributed by atoms with Gasteiger partial charge >= 0.3 is 12.5 Å². The predicted molar refractivity (Wildman–Crippen MR) is 90.9 cm³/mol. The zero-order valence-electron chi connectivity index (χ0n) is 13.9. The minimum Gasteiger partial charge on any atom is -0.428 e. The van der Waals surface area contributed by atoms with Crippen LogP contribution in [0.3, 0.4) is 0 Å². The Morgan fingerprint density at radius 3 is 2.69 bits per heavy atom. The van der Waals surface area contributed by atoms with Crippen molar-refractivity contribution in [2.24, 2.45) is 0 Å². The Morgan fingerprint density at radius 1 is 1.23 bits per heavy atom. The molecule has 0 radical (unpaired) electrons. The maximum atomic E-state index is 13.0. The van der Waals surface area contributed by atoms with Crippen LogP contribution in [0.2, 0.25) is 0 Å². The molecule has 2 heterocycles. The number of aromatic nitrogens is 3. The molecule has 138 valence electrons. The van der Waals surface area contributed by atoms with Crippen LogP contribution in [-0.2, 0) is 5.75 Å². The molecule has 0 saturated carbocycles. The highest BCUT2D eigenvalue weighted by Crippen LogP contribution is 2.30. The van der Waals surface area contributed by atoms with Gasteiger partial charge < -0.3 is 9.72 Å². The molecule has 9 heteroatoms. The molecule has 0 amide bonds. The Balaban J connectivity index is 1.75. The second-order valence-electron chi connectivity index (χ2n) is 5.75. The highest BCUT2D eigenvalue weighted by molar-refractivity contribution is 7.98. The first-order valence-corrected chi connectivity index (χ1v) is 8.63. The fourth-order valence-electron chi connectivity index (χ4n) is 2.33. The van der Waals surface area contributed by atoms with Gasteiger partial charge in [0.25, 0.3) is 0 Å². The maximum Gasteiger partial charge on any atom is 0.461 e. The number of hydrogen-bond donors (Lipinski definition) is 1. The van der Waals surface area contributed by atoms with Gasteiger partial charge in [-0.25, -0.2) is 4.98 Å². The Kier molecular flexibility index (Phi) is 5.08. The zero-order valence-corrected chi connectivity index (χ0v) is 14.7. The molecule has 0 fully saturated rings. The lowest BCUT2D eigenvalue weighted by atomic mass is 10.2. The van der Waals surface area contributed by atoms with Crippen molar-refractivity contribution in [3.8, 4) is 5.75 Å². The van der Waals surface area contributed by atoms with Crippen LogP contribution < -0.4 is 4.74 Å². The van der Waals surface area contributed by atoms with Crippen LogP contribution in [0.1, 0.15) is 16.8 Å². The van der Waals surface area contributed by atoms with Crippen molar-refractivity contribution in [2.45, 2.75) is 37.3 Å². The van der Waals surface area contributed by atoms with Gasteiger partial charge in [0.2, 0.25) is 0 Å². The zero-order chi connectivity index (χ0) is 18.9. The van der Waals surface area contributed by atoms with Crippen molar-refractivity contribution >= 4 is 22.8 Å². The molecule has 2 aromatic heterocycles. The van der Waals surface area contributed by atoms with Gasteiger partial charge in [0.05, 0.1) is 16.7 Å². The van der Waals surface area contributed by atoms with E-state index in [2.05, 4.69) is 19.7 Å². The van der Waals surface area contributed by atoms with Crippen molar-refractivity contribution in [3.05, 3.63) is 47.3 Å². The number of nitrogens with one attached hydrogen (secondary N) is 1. The smallest absolute Gasteiger partial charge is 0.428 e. The first-order valence-electron chi connectivity index (χ1n) is 7.64. The predicted octanol–water partition coefficient (Wildman–Crippen LogP) is 5.10. The van der Waals surface area contributed by atoms with Gasteiger partial charge in [0.15, 0.2) is 5.16 Å². The van der Waals surface area contributed by atoms with E-state index in [9.17, 15) is 17.6 Å². The number of fused-ring (bicyclic) bond motifs is 1. The summed E-state index contributed by atoms with van der Waals surface area (Å²) in [6, 6.07) is 5.88. The van der Waals surface area contributed by atoms with E-state index < -0.39 is 12.5 Å². The van der Waals surface area contributed by atoms with Crippen LogP contribution in [0.4, 0.5) is 17.6 Å². The van der Waals surface area contributed by atoms with Crippen LogP contribution in [0, 0.1) is 13.8 Å². The van der Waals surface area contributed by atoms with Gasteiger partial charge in [-0.3, -0.25) is 4.98 Å². The minimum atomic E-state index is -4.55. The SMILES string of the molecule is Cc1cnc(CSc2nc3cc(OC(F)(F)C(F)F)ccc3[nH]2)c(C)c1. The topological polar surface area (TPSA) is 50.8 Å². The molecule has 0 aliphatic rings. The number of rotatable bonds is 6. The molecule has 0 aliphatic carbocycles. The molecule has 1 N–H and O–H groups in total. The molecule has 0 atom stereocenters. The van der Waals surface area contributed by atoms with Crippen molar-refractivity contribution in [1.82, 2.24) is 15.0 Å². The number of benzene rings is 1. The number of thioether (sulfide) groups is 1. The summed E-state index contributed by atoms with van der Waals surface area (Å²) < 4.78 is 54.5. The van der Waals surface area contributed by atoms with E-state index in [0.717, 1.165) is 16.8 Å². The third-order valence-electron chi connectivity index (χ3n) is 3.61. The van der Waals surface area contributed by atoms with E-state index in [1.807, 2.05) is 19.9 Å². The van der Waals surface area contributed by atoms with Crippen LogP contribution >= 0.6 is 11.8 Å². The van der Waals surface area contributed by atoms with Crippen LogP contribution in [-0.4, -0.2) is 27.5 Å². The van der Waals surface area contributed by atoms with Gasteiger partial charge in [0.1, 0.15) is 5.75 Å². The van der Waals surface area contributed by atoms with Crippen LogP contribution in [0.15, 0.2) is 35.6 Å². The van der Waals surface area contributed by atoms with Crippen molar-refractivity contribution in [1.29, 1.82) is 0 Å². The minimum absolute atomic E-state index is 0.351. The van der Waals surface area contributed by atoms with Crippen LogP contribution in [0.25, 0.3) is 11.0 Å². The Labute approximate surface area is 151 Å². The summed E-state index contributed by atoms with van der Waals surface area (Å²) in [4.78, 5) is 11.7. The molecule has 3 aromatic rings. The second-order valence-corrected chi connectivity index (χ2v) is 6.71. The number of hydrogen-bond acceptors (Lipinski definition) is 4. The van der Waals surface area contributed by atoms with Crippen molar-refractivity contribution < 1.29 is 22.3 Å². The van der Waals surface area contributed by atoms with E-state index in [4.69, 9.17) is 0 Å². The van der Waals surface area contributed by atoms with Gasteiger partial charge in [-0.15, -0.1) is 0 Å².